The highest BCUT2D eigenvalue weighted by Gasteiger charge is 2.44. The molecule has 14 heavy (non-hydrogen) atoms. The van der Waals surface area contributed by atoms with Gasteiger partial charge in [-0.3, -0.25) is 0 Å². The summed E-state index contributed by atoms with van der Waals surface area (Å²) in [6.45, 7) is -0.596. The third-order valence-corrected chi connectivity index (χ3v) is 1.97. The van der Waals surface area contributed by atoms with Crippen LogP contribution >= 0.6 is 0 Å². The molecule has 4 atom stereocenters. The molecule has 0 aromatic rings. The molecular weight excluding hydrogens is 194 g/mol. The predicted molar refractivity (Wildman–Crippen MR) is 42.7 cm³/mol. The maximum Gasteiger partial charge on any atom is 0.249 e. The number of rotatable bonds is 2. The van der Waals surface area contributed by atoms with Gasteiger partial charge in [0.05, 0.1) is 12.7 Å². The van der Waals surface area contributed by atoms with E-state index in [9.17, 15) is 15.3 Å². The summed E-state index contributed by atoms with van der Waals surface area (Å²) >= 11 is 0. The molecule has 1 rings (SSSR count). The van der Waals surface area contributed by atoms with E-state index in [2.05, 4.69) is 10.0 Å². The number of hydrogen-bond acceptors (Lipinski definition) is 6. The van der Waals surface area contributed by atoms with Crippen LogP contribution in [0.3, 0.4) is 0 Å². The summed E-state index contributed by atoms with van der Waals surface area (Å²) in [5.74, 6) is -2.21. The Kier molecular flexibility index (Phi) is 3.27. The van der Waals surface area contributed by atoms with E-state index in [1.54, 1.807) is 0 Å². The van der Waals surface area contributed by atoms with Crippen LogP contribution in [0.4, 0.5) is 0 Å². The largest absolute Gasteiger partial charge is 0.394 e. The van der Waals surface area contributed by atoms with Gasteiger partial charge < -0.3 is 25.2 Å². The molecule has 0 bridgehead atoms. The van der Waals surface area contributed by atoms with Crippen LogP contribution in [0.25, 0.3) is 10.4 Å². The molecule has 0 saturated carbocycles. The summed E-state index contributed by atoms with van der Waals surface area (Å²) in [5, 5.41) is 39.6. The molecule has 8 nitrogen and oxygen atoms in total. The first-order valence-electron chi connectivity index (χ1n) is 3.96. The summed E-state index contributed by atoms with van der Waals surface area (Å²) in [5.41, 5.74) is 8.11. The average Bonchev–Trinajstić information content (AvgIpc) is 2.12. The zero-order chi connectivity index (χ0) is 10.8. The summed E-state index contributed by atoms with van der Waals surface area (Å²) in [6.07, 6.45) is -4.23. The van der Waals surface area contributed by atoms with Crippen molar-refractivity contribution in [3.63, 3.8) is 0 Å². The molecule has 8 heteroatoms. The van der Waals surface area contributed by atoms with E-state index >= 15 is 0 Å². The molecule has 0 radical (unpaired) electrons. The summed E-state index contributed by atoms with van der Waals surface area (Å²) in [4.78, 5) is 2.33. The second kappa shape index (κ2) is 4.09. The van der Waals surface area contributed by atoms with Gasteiger partial charge in [0.15, 0.2) is 0 Å². The van der Waals surface area contributed by atoms with E-state index in [0.29, 0.717) is 0 Å². The van der Waals surface area contributed by atoms with Gasteiger partial charge in [-0.15, -0.1) is 0 Å². The first kappa shape index (κ1) is 11.2. The first-order chi connectivity index (χ1) is 6.52. The van der Waals surface area contributed by atoms with Crippen molar-refractivity contribution in [2.75, 3.05) is 6.61 Å². The highest BCUT2D eigenvalue weighted by Crippen LogP contribution is 2.28. The van der Waals surface area contributed by atoms with Crippen LogP contribution in [0.2, 0.25) is 0 Å². The molecule has 1 unspecified atom stereocenters. The fourth-order valence-corrected chi connectivity index (χ4v) is 1.28. The second-order valence-corrected chi connectivity index (χ2v) is 3.03. The van der Waals surface area contributed by atoms with Crippen LogP contribution in [-0.4, -0.2) is 51.3 Å². The molecule has 0 amide bonds. The van der Waals surface area contributed by atoms with Crippen molar-refractivity contribution in [2.45, 2.75) is 30.6 Å². The third kappa shape index (κ3) is 2.13. The van der Waals surface area contributed by atoms with Gasteiger partial charge in [0, 0.05) is 11.3 Å². The Hall–Kier alpha value is -0.890. The van der Waals surface area contributed by atoms with Gasteiger partial charge >= 0.3 is 0 Å². The monoisotopic (exact) mass is 205 g/mol. The maximum absolute atomic E-state index is 9.44. The lowest BCUT2D eigenvalue weighted by Gasteiger charge is -2.39. The van der Waals surface area contributed by atoms with Crippen molar-refractivity contribution in [3.8, 4) is 0 Å². The Morgan fingerprint density at radius 1 is 1.57 bits per heavy atom. The summed E-state index contributed by atoms with van der Waals surface area (Å²) in [6, 6.07) is 0. The van der Waals surface area contributed by atoms with Crippen LogP contribution < -0.4 is 0 Å². The molecule has 0 aromatic carbocycles. The Bertz CT molecular complexity index is 256. The number of aliphatic hydroxyl groups is 4. The fourth-order valence-electron chi connectivity index (χ4n) is 1.28. The average molecular weight is 205 g/mol. The van der Waals surface area contributed by atoms with Gasteiger partial charge in [0.1, 0.15) is 12.2 Å². The topological polar surface area (TPSA) is 139 Å². The zero-order valence-corrected chi connectivity index (χ0v) is 7.19. The zero-order valence-electron chi connectivity index (χ0n) is 7.19. The minimum atomic E-state index is -2.21. The molecule has 1 heterocycles. The Morgan fingerprint density at radius 3 is 2.71 bits per heavy atom. The Labute approximate surface area is 79.0 Å². The molecule has 0 aromatic heterocycles. The smallest absolute Gasteiger partial charge is 0.249 e. The van der Waals surface area contributed by atoms with Gasteiger partial charge in [-0.1, -0.05) is 0 Å². The molecule has 80 valence electrons. The van der Waals surface area contributed by atoms with Crippen LogP contribution in [0.15, 0.2) is 5.11 Å². The number of aliphatic hydroxyl groups excluding tert-OH is 3. The van der Waals surface area contributed by atoms with Crippen molar-refractivity contribution >= 4 is 0 Å². The molecular formula is C6H11N3O5. The van der Waals surface area contributed by atoms with Crippen molar-refractivity contribution in [1.29, 1.82) is 0 Å². The minimum absolute atomic E-state index is 0.436. The lowest BCUT2D eigenvalue weighted by molar-refractivity contribution is -0.301. The third-order valence-electron chi connectivity index (χ3n) is 1.97. The van der Waals surface area contributed by atoms with Gasteiger partial charge in [0.2, 0.25) is 5.91 Å². The van der Waals surface area contributed by atoms with E-state index < -0.39 is 37.3 Å². The van der Waals surface area contributed by atoms with E-state index in [4.69, 9.17) is 15.4 Å². The Morgan fingerprint density at radius 2 is 2.21 bits per heavy atom. The van der Waals surface area contributed by atoms with Crippen LogP contribution in [0.5, 0.6) is 0 Å². The molecule has 1 aliphatic heterocycles. The maximum atomic E-state index is 9.44. The van der Waals surface area contributed by atoms with Crippen molar-refractivity contribution < 1.29 is 25.2 Å². The molecule has 1 fully saturated rings. The van der Waals surface area contributed by atoms with Gasteiger partial charge in [0.25, 0.3) is 0 Å². The minimum Gasteiger partial charge on any atom is -0.394 e. The molecule has 0 aliphatic carbocycles. The number of azide groups is 1. The van der Waals surface area contributed by atoms with Gasteiger partial charge in [-0.25, -0.2) is 0 Å². The van der Waals surface area contributed by atoms with E-state index in [-0.39, 0.29) is 0 Å². The van der Waals surface area contributed by atoms with Crippen LogP contribution in [0, 0.1) is 0 Å². The highest BCUT2D eigenvalue weighted by atomic mass is 16.7. The number of nitrogens with zero attached hydrogens (tertiary/aromatic N) is 3. The molecule has 4 N–H and O–H groups in total. The summed E-state index contributed by atoms with van der Waals surface area (Å²) in [7, 11) is 0. The second-order valence-electron chi connectivity index (χ2n) is 3.03. The lowest BCUT2D eigenvalue weighted by atomic mass is 10.00. The molecule has 0 spiro atoms. The SMILES string of the molecule is [N-]=[N+]=NC1(O)C[C@@H](O)[C@H](O)[C@@H](CO)O1. The Balaban J connectivity index is 2.81. The molecule has 1 aliphatic rings. The normalized spacial score (nSPS) is 43.0. The van der Waals surface area contributed by atoms with E-state index in [1.165, 1.54) is 0 Å². The van der Waals surface area contributed by atoms with Crippen molar-refractivity contribution in [2.24, 2.45) is 5.11 Å². The quantitative estimate of drug-likeness (QED) is 0.245. The first-order valence-corrected chi connectivity index (χ1v) is 3.96. The van der Waals surface area contributed by atoms with Gasteiger partial charge in [-0.2, -0.15) is 0 Å². The van der Waals surface area contributed by atoms with Gasteiger partial charge in [-0.05, 0) is 10.6 Å². The highest BCUT2D eigenvalue weighted by molar-refractivity contribution is 4.87. The lowest BCUT2D eigenvalue weighted by Crippen LogP contribution is -2.55. The van der Waals surface area contributed by atoms with Crippen molar-refractivity contribution in [1.82, 2.24) is 0 Å². The predicted octanol–water partition coefficient (Wildman–Crippen LogP) is -1.55. The van der Waals surface area contributed by atoms with E-state index in [1.807, 2.05) is 0 Å². The molecule has 1 saturated heterocycles. The van der Waals surface area contributed by atoms with E-state index in [0.717, 1.165) is 0 Å². The summed E-state index contributed by atoms with van der Waals surface area (Å²) < 4.78 is 4.72. The van der Waals surface area contributed by atoms with Crippen LogP contribution in [0.1, 0.15) is 6.42 Å². The number of hydrogen-bond donors (Lipinski definition) is 4. The number of ether oxygens (including phenoxy) is 1. The standard InChI is InChI=1S/C6H11N3O5/c7-9-8-6(13)1-3(11)5(12)4(2-10)14-6/h3-5,10-13H,1-2H2/t3-,4-,5+,6?/m1/s1. The van der Waals surface area contributed by atoms with Crippen molar-refractivity contribution in [3.05, 3.63) is 10.4 Å². The van der Waals surface area contributed by atoms with Crippen LogP contribution in [-0.2, 0) is 4.74 Å². The fraction of sp³-hybridized carbons (Fsp3) is 1.00.